The van der Waals surface area contributed by atoms with E-state index in [0.29, 0.717) is 46.7 Å². The molecule has 7 nitrogen and oxygen atoms in total. The molecule has 0 unspecified atom stereocenters. The van der Waals surface area contributed by atoms with Crippen LogP contribution >= 0.6 is 23.5 Å². The second-order valence-electron chi connectivity index (χ2n) is 6.53. The average Bonchev–Trinajstić information content (AvgIpc) is 2.83. The standard InChI is InChI=1S/C23H30O7S2/c1-25-17-9-15(10-18(26-2)22(17)29-5)13-31-8-7-21(24)32-14-16-11-19(27-3)23(30-6)20(12-16)28-4/h9-12H,7-8,13-14H2,1-6H3. The third kappa shape index (κ3) is 6.80. The number of ether oxygens (including phenoxy) is 6. The molecule has 0 saturated carbocycles. The van der Waals surface area contributed by atoms with Crippen LogP contribution in [0.3, 0.4) is 0 Å². The van der Waals surface area contributed by atoms with E-state index < -0.39 is 0 Å². The van der Waals surface area contributed by atoms with E-state index in [1.165, 1.54) is 11.8 Å². The largest absolute Gasteiger partial charge is 0.493 e. The van der Waals surface area contributed by atoms with Crippen LogP contribution in [-0.4, -0.2) is 53.5 Å². The molecule has 2 aromatic rings. The van der Waals surface area contributed by atoms with Crippen molar-refractivity contribution in [1.29, 1.82) is 0 Å². The molecule has 0 aliphatic carbocycles. The van der Waals surface area contributed by atoms with E-state index in [9.17, 15) is 4.79 Å². The molecular weight excluding hydrogens is 452 g/mol. The fourth-order valence-corrected chi connectivity index (χ4v) is 4.77. The van der Waals surface area contributed by atoms with E-state index in [4.69, 9.17) is 28.4 Å². The number of carbonyl (C=O) groups excluding carboxylic acids is 1. The van der Waals surface area contributed by atoms with Crippen LogP contribution in [0.4, 0.5) is 0 Å². The maximum atomic E-state index is 12.4. The van der Waals surface area contributed by atoms with Gasteiger partial charge in [0.2, 0.25) is 11.5 Å². The lowest BCUT2D eigenvalue weighted by Crippen LogP contribution is -1.99. The molecule has 9 heteroatoms. The Labute approximate surface area is 198 Å². The molecule has 0 aliphatic heterocycles. The first-order chi connectivity index (χ1) is 15.5. The van der Waals surface area contributed by atoms with Gasteiger partial charge in [-0.05, 0) is 35.4 Å². The van der Waals surface area contributed by atoms with E-state index in [-0.39, 0.29) is 5.12 Å². The fraction of sp³-hybridized carbons (Fsp3) is 0.435. The summed E-state index contributed by atoms with van der Waals surface area (Å²) in [6.07, 6.45) is 0.476. The SMILES string of the molecule is COc1cc(CSCCC(=O)SCc2cc(OC)c(OC)c(OC)c2)cc(OC)c1OC. The molecule has 2 rings (SSSR count). The van der Waals surface area contributed by atoms with Crippen LogP contribution in [0.1, 0.15) is 17.5 Å². The highest BCUT2D eigenvalue weighted by Gasteiger charge is 2.15. The summed E-state index contributed by atoms with van der Waals surface area (Å²) in [6, 6.07) is 7.58. The Kier molecular flexibility index (Phi) is 10.7. The Morgan fingerprint density at radius 1 is 0.656 bits per heavy atom. The summed E-state index contributed by atoms with van der Waals surface area (Å²) in [7, 11) is 9.48. The minimum atomic E-state index is 0.135. The van der Waals surface area contributed by atoms with E-state index in [1.807, 2.05) is 24.3 Å². The van der Waals surface area contributed by atoms with Crippen molar-refractivity contribution in [3.8, 4) is 34.5 Å². The number of hydrogen-bond acceptors (Lipinski definition) is 9. The van der Waals surface area contributed by atoms with Gasteiger partial charge in [0.1, 0.15) is 0 Å². The normalized spacial score (nSPS) is 10.4. The summed E-state index contributed by atoms with van der Waals surface area (Å²) in [5.41, 5.74) is 1.98. The van der Waals surface area contributed by atoms with E-state index in [0.717, 1.165) is 22.6 Å². The lowest BCUT2D eigenvalue weighted by Gasteiger charge is -2.14. The van der Waals surface area contributed by atoms with Crippen LogP contribution in [0.5, 0.6) is 34.5 Å². The van der Waals surface area contributed by atoms with Crippen LogP contribution in [-0.2, 0) is 16.3 Å². The third-order valence-corrected chi connectivity index (χ3v) is 6.60. The topological polar surface area (TPSA) is 72.5 Å². The predicted octanol–water partition coefficient (Wildman–Crippen LogP) is 4.82. The number of thioether (sulfide) groups is 2. The summed E-state index contributed by atoms with van der Waals surface area (Å²) in [6.45, 7) is 0. The summed E-state index contributed by atoms with van der Waals surface area (Å²) in [5.74, 6) is 5.51. The lowest BCUT2D eigenvalue weighted by molar-refractivity contribution is -0.110. The highest BCUT2D eigenvalue weighted by molar-refractivity contribution is 8.13. The molecule has 2 aromatic carbocycles. The van der Waals surface area contributed by atoms with Crippen molar-refractivity contribution in [2.45, 2.75) is 17.9 Å². The molecule has 0 fully saturated rings. The van der Waals surface area contributed by atoms with Crippen molar-refractivity contribution in [2.24, 2.45) is 0 Å². The Hall–Kier alpha value is -2.39. The fourth-order valence-electron chi connectivity index (χ4n) is 3.02. The molecule has 0 saturated heterocycles. The molecule has 0 N–H and O–H groups in total. The molecule has 0 amide bonds. The molecule has 0 atom stereocenters. The molecular formula is C23H30O7S2. The molecule has 32 heavy (non-hydrogen) atoms. The predicted molar refractivity (Wildman–Crippen MR) is 129 cm³/mol. The number of benzene rings is 2. The molecule has 0 aliphatic rings. The van der Waals surface area contributed by atoms with Gasteiger partial charge in [0.15, 0.2) is 28.1 Å². The van der Waals surface area contributed by atoms with Crippen LogP contribution in [0.2, 0.25) is 0 Å². The maximum absolute atomic E-state index is 12.4. The average molecular weight is 483 g/mol. The van der Waals surface area contributed by atoms with E-state index in [2.05, 4.69) is 0 Å². The first kappa shape index (κ1) is 25.9. The van der Waals surface area contributed by atoms with Crippen molar-refractivity contribution < 1.29 is 33.2 Å². The van der Waals surface area contributed by atoms with Gasteiger partial charge in [-0.1, -0.05) is 11.8 Å². The quantitative estimate of drug-likeness (QED) is 0.374. The Morgan fingerprint density at radius 3 is 1.44 bits per heavy atom. The minimum absolute atomic E-state index is 0.135. The summed E-state index contributed by atoms with van der Waals surface area (Å²) >= 11 is 2.97. The zero-order valence-corrected chi connectivity index (χ0v) is 20.9. The second kappa shape index (κ2) is 13.2. The highest BCUT2D eigenvalue weighted by Crippen LogP contribution is 2.40. The molecule has 0 bridgehead atoms. The highest BCUT2D eigenvalue weighted by atomic mass is 32.2. The van der Waals surface area contributed by atoms with E-state index >= 15 is 0 Å². The van der Waals surface area contributed by atoms with Gasteiger partial charge < -0.3 is 28.4 Å². The first-order valence-electron chi connectivity index (χ1n) is 9.82. The molecule has 0 aromatic heterocycles. The molecule has 0 radical (unpaired) electrons. The minimum Gasteiger partial charge on any atom is -0.493 e. The summed E-state index contributed by atoms with van der Waals surface area (Å²) < 4.78 is 32.2. The Morgan fingerprint density at radius 2 is 1.06 bits per heavy atom. The van der Waals surface area contributed by atoms with Crippen LogP contribution in [0, 0.1) is 0 Å². The van der Waals surface area contributed by atoms with Crippen LogP contribution in [0.15, 0.2) is 24.3 Å². The molecule has 0 spiro atoms. The maximum Gasteiger partial charge on any atom is 0.203 e. The number of carbonyl (C=O) groups is 1. The number of hydrogen-bond donors (Lipinski definition) is 0. The summed E-state index contributed by atoms with van der Waals surface area (Å²) in [4.78, 5) is 12.4. The zero-order valence-electron chi connectivity index (χ0n) is 19.3. The van der Waals surface area contributed by atoms with Crippen molar-refractivity contribution in [3.05, 3.63) is 35.4 Å². The van der Waals surface area contributed by atoms with Crippen molar-refractivity contribution >= 4 is 28.6 Å². The summed E-state index contributed by atoms with van der Waals surface area (Å²) in [5, 5.41) is 0.135. The van der Waals surface area contributed by atoms with Crippen molar-refractivity contribution in [3.63, 3.8) is 0 Å². The van der Waals surface area contributed by atoms with Gasteiger partial charge in [0.25, 0.3) is 0 Å². The monoisotopic (exact) mass is 482 g/mol. The molecule has 176 valence electrons. The van der Waals surface area contributed by atoms with Gasteiger partial charge >= 0.3 is 0 Å². The Bertz CT molecular complexity index is 852. The van der Waals surface area contributed by atoms with Gasteiger partial charge in [-0.15, -0.1) is 0 Å². The van der Waals surface area contributed by atoms with Gasteiger partial charge in [-0.2, -0.15) is 11.8 Å². The Balaban J connectivity index is 1.86. The van der Waals surface area contributed by atoms with Gasteiger partial charge in [-0.3, -0.25) is 4.79 Å². The number of methoxy groups -OCH3 is 6. The lowest BCUT2D eigenvalue weighted by atomic mass is 10.2. The van der Waals surface area contributed by atoms with Crippen molar-refractivity contribution in [1.82, 2.24) is 0 Å². The van der Waals surface area contributed by atoms with Gasteiger partial charge in [-0.25, -0.2) is 0 Å². The smallest absolute Gasteiger partial charge is 0.203 e. The third-order valence-electron chi connectivity index (χ3n) is 4.57. The number of rotatable bonds is 13. The molecule has 0 heterocycles. The zero-order chi connectivity index (χ0) is 23.5. The first-order valence-corrected chi connectivity index (χ1v) is 12.0. The van der Waals surface area contributed by atoms with Gasteiger partial charge in [0, 0.05) is 23.7 Å². The van der Waals surface area contributed by atoms with Gasteiger partial charge in [0.05, 0.1) is 42.7 Å². The van der Waals surface area contributed by atoms with E-state index in [1.54, 1.807) is 54.4 Å². The van der Waals surface area contributed by atoms with Crippen LogP contribution in [0.25, 0.3) is 0 Å². The second-order valence-corrected chi connectivity index (χ2v) is 8.67. The van der Waals surface area contributed by atoms with Crippen LogP contribution < -0.4 is 28.4 Å². The van der Waals surface area contributed by atoms with Crippen molar-refractivity contribution in [2.75, 3.05) is 48.4 Å².